The average Bonchev–Trinajstić information content (AvgIpc) is 2.57. The van der Waals surface area contributed by atoms with E-state index in [1.807, 2.05) is 36.4 Å². The SMILES string of the molecule is C#CCCC(C/C=C/c1ccccc1)(C(=O)OC)C(=O)OC. The van der Waals surface area contributed by atoms with Crippen molar-refractivity contribution in [2.75, 3.05) is 14.2 Å². The molecule has 0 N–H and O–H groups in total. The van der Waals surface area contributed by atoms with Gasteiger partial charge >= 0.3 is 11.9 Å². The Hall–Kier alpha value is -2.54. The van der Waals surface area contributed by atoms with E-state index in [0.717, 1.165) is 5.56 Å². The lowest BCUT2D eigenvalue weighted by Gasteiger charge is -2.26. The molecule has 1 rings (SSSR count). The van der Waals surface area contributed by atoms with Crippen LogP contribution in [0.15, 0.2) is 36.4 Å². The highest BCUT2D eigenvalue weighted by atomic mass is 16.5. The summed E-state index contributed by atoms with van der Waals surface area (Å²) in [5.74, 6) is 1.19. The molecule has 1 aromatic rings. The Balaban J connectivity index is 3.02. The third kappa shape index (κ3) is 4.23. The molecule has 0 aromatic heterocycles. The Kier molecular flexibility index (Phi) is 6.91. The number of hydrogen-bond donors (Lipinski definition) is 0. The topological polar surface area (TPSA) is 52.6 Å². The monoisotopic (exact) mass is 300 g/mol. The van der Waals surface area contributed by atoms with Crippen molar-refractivity contribution >= 4 is 18.0 Å². The summed E-state index contributed by atoms with van der Waals surface area (Å²) in [6.07, 6.45) is 9.51. The summed E-state index contributed by atoms with van der Waals surface area (Å²) >= 11 is 0. The van der Waals surface area contributed by atoms with Crippen molar-refractivity contribution in [1.29, 1.82) is 0 Å². The molecule has 1 aromatic carbocycles. The first-order valence-corrected chi connectivity index (χ1v) is 6.92. The van der Waals surface area contributed by atoms with Gasteiger partial charge in [-0.2, -0.15) is 0 Å². The minimum Gasteiger partial charge on any atom is -0.468 e. The van der Waals surface area contributed by atoms with Crippen LogP contribution in [0.2, 0.25) is 0 Å². The van der Waals surface area contributed by atoms with E-state index in [2.05, 4.69) is 5.92 Å². The second-order valence-electron chi connectivity index (χ2n) is 4.79. The minimum atomic E-state index is -1.40. The number of carbonyl (C=O) groups excluding carboxylic acids is 2. The largest absolute Gasteiger partial charge is 0.468 e. The lowest BCUT2D eigenvalue weighted by Crippen LogP contribution is -2.41. The van der Waals surface area contributed by atoms with Crippen molar-refractivity contribution < 1.29 is 19.1 Å². The van der Waals surface area contributed by atoms with Gasteiger partial charge in [-0.25, -0.2) is 0 Å². The van der Waals surface area contributed by atoms with Crippen LogP contribution in [0.3, 0.4) is 0 Å². The fraction of sp³-hybridized carbons (Fsp3) is 0.333. The van der Waals surface area contributed by atoms with Gasteiger partial charge in [0.2, 0.25) is 0 Å². The summed E-state index contributed by atoms with van der Waals surface area (Å²) in [4.78, 5) is 24.3. The molecule has 116 valence electrons. The molecule has 0 aliphatic carbocycles. The van der Waals surface area contributed by atoms with Gasteiger partial charge in [-0.1, -0.05) is 42.5 Å². The van der Waals surface area contributed by atoms with Crippen molar-refractivity contribution in [3.63, 3.8) is 0 Å². The van der Waals surface area contributed by atoms with Crippen LogP contribution in [0.5, 0.6) is 0 Å². The molecule has 0 aliphatic rings. The van der Waals surface area contributed by atoms with Gasteiger partial charge in [0.25, 0.3) is 0 Å². The molecule has 0 saturated heterocycles. The first-order chi connectivity index (χ1) is 10.6. The van der Waals surface area contributed by atoms with E-state index in [1.165, 1.54) is 14.2 Å². The third-order valence-corrected chi connectivity index (χ3v) is 3.42. The number of esters is 2. The molecule has 0 radical (unpaired) electrons. The van der Waals surface area contributed by atoms with Crippen molar-refractivity contribution in [2.24, 2.45) is 5.41 Å². The van der Waals surface area contributed by atoms with Crippen LogP contribution in [0.4, 0.5) is 0 Å². The predicted octanol–water partition coefficient (Wildman–Crippen LogP) is 2.84. The van der Waals surface area contributed by atoms with E-state index in [0.29, 0.717) is 0 Å². The van der Waals surface area contributed by atoms with Gasteiger partial charge in [0.1, 0.15) is 0 Å². The Morgan fingerprint density at radius 2 is 1.77 bits per heavy atom. The quantitative estimate of drug-likeness (QED) is 0.441. The molecule has 0 fully saturated rings. The normalized spacial score (nSPS) is 11.0. The molecule has 22 heavy (non-hydrogen) atoms. The highest BCUT2D eigenvalue weighted by molar-refractivity contribution is 6.00. The number of allylic oxidation sites excluding steroid dienone is 1. The molecule has 0 atom stereocenters. The Bertz CT molecular complexity index is 550. The Morgan fingerprint density at radius 3 is 2.27 bits per heavy atom. The Morgan fingerprint density at radius 1 is 1.18 bits per heavy atom. The zero-order valence-corrected chi connectivity index (χ0v) is 12.9. The van der Waals surface area contributed by atoms with Gasteiger partial charge in [-0.3, -0.25) is 9.59 Å². The number of ether oxygens (including phenoxy) is 2. The molecular weight excluding hydrogens is 280 g/mol. The molecule has 4 heteroatoms. The molecule has 0 spiro atoms. The second kappa shape index (κ2) is 8.68. The van der Waals surface area contributed by atoms with Gasteiger partial charge in [0, 0.05) is 6.42 Å². The van der Waals surface area contributed by atoms with E-state index >= 15 is 0 Å². The minimum absolute atomic E-state index is 0.170. The van der Waals surface area contributed by atoms with Crippen LogP contribution in [0.25, 0.3) is 6.08 Å². The van der Waals surface area contributed by atoms with Crippen molar-refractivity contribution in [1.82, 2.24) is 0 Å². The van der Waals surface area contributed by atoms with Gasteiger partial charge in [-0.05, 0) is 18.4 Å². The molecule has 0 bridgehead atoms. The zero-order chi connectivity index (χ0) is 16.4. The maximum atomic E-state index is 12.2. The van der Waals surface area contributed by atoms with Crippen LogP contribution < -0.4 is 0 Å². The van der Waals surface area contributed by atoms with Gasteiger partial charge in [0.05, 0.1) is 14.2 Å². The predicted molar refractivity (Wildman–Crippen MR) is 84.6 cm³/mol. The number of carbonyl (C=O) groups is 2. The lowest BCUT2D eigenvalue weighted by atomic mass is 9.79. The molecule has 0 amide bonds. The standard InChI is InChI=1S/C18H20O4/c1-4-5-13-18(16(19)21-2,17(20)22-3)14-9-12-15-10-7-6-8-11-15/h1,6-12H,5,13-14H2,2-3H3/b12-9+. The summed E-state index contributed by atoms with van der Waals surface area (Å²) in [7, 11) is 2.49. The van der Waals surface area contributed by atoms with Crippen LogP contribution >= 0.6 is 0 Å². The van der Waals surface area contributed by atoms with E-state index in [-0.39, 0.29) is 19.3 Å². The number of methoxy groups -OCH3 is 2. The smallest absolute Gasteiger partial charge is 0.323 e. The van der Waals surface area contributed by atoms with E-state index < -0.39 is 17.4 Å². The average molecular weight is 300 g/mol. The van der Waals surface area contributed by atoms with Crippen molar-refractivity contribution in [2.45, 2.75) is 19.3 Å². The van der Waals surface area contributed by atoms with Crippen LogP contribution in [0, 0.1) is 17.8 Å². The van der Waals surface area contributed by atoms with Crippen molar-refractivity contribution in [3.8, 4) is 12.3 Å². The summed E-state index contributed by atoms with van der Waals surface area (Å²) in [5, 5.41) is 0. The highest BCUT2D eigenvalue weighted by Gasteiger charge is 2.46. The highest BCUT2D eigenvalue weighted by Crippen LogP contribution is 2.32. The molecule has 0 saturated carbocycles. The molecule has 4 nitrogen and oxygen atoms in total. The first-order valence-electron chi connectivity index (χ1n) is 6.92. The second-order valence-corrected chi connectivity index (χ2v) is 4.79. The van der Waals surface area contributed by atoms with Gasteiger partial charge in [0.15, 0.2) is 5.41 Å². The van der Waals surface area contributed by atoms with E-state index in [4.69, 9.17) is 15.9 Å². The van der Waals surface area contributed by atoms with Crippen LogP contribution in [-0.2, 0) is 19.1 Å². The molecular formula is C18H20O4. The summed E-state index contributed by atoms with van der Waals surface area (Å²) < 4.78 is 9.59. The summed E-state index contributed by atoms with van der Waals surface area (Å²) in [6.45, 7) is 0. The fourth-order valence-electron chi connectivity index (χ4n) is 2.19. The van der Waals surface area contributed by atoms with Crippen LogP contribution in [-0.4, -0.2) is 26.2 Å². The number of rotatable bonds is 7. The van der Waals surface area contributed by atoms with Crippen LogP contribution in [0.1, 0.15) is 24.8 Å². The summed E-state index contributed by atoms with van der Waals surface area (Å²) in [5.41, 5.74) is -0.427. The number of hydrogen-bond acceptors (Lipinski definition) is 4. The maximum Gasteiger partial charge on any atom is 0.323 e. The third-order valence-electron chi connectivity index (χ3n) is 3.42. The first kappa shape index (κ1) is 17.5. The number of terminal acetylenes is 1. The fourth-order valence-corrected chi connectivity index (χ4v) is 2.19. The van der Waals surface area contributed by atoms with Gasteiger partial charge in [-0.15, -0.1) is 12.3 Å². The molecule has 0 unspecified atom stereocenters. The van der Waals surface area contributed by atoms with Crippen molar-refractivity contribution in [3.05, 3.63) is 42.0 Å². The van der Waals surface area contributed by atoms with E-state index in [9.17, 15) is 9.59 Å². The van der Waals surface area contributed by atoms with Gasteiger partial charge < -0.3 is 9.47 Å². The number of benzene rings is 1. The zero-order valence-electron chi connectivity index (χ0n) is 12.9. The van der Waals surface area contributed by atoms with E-state index in [1.54, 1.807) is 6.08 Å². The molecule has 0 heterocycles. The lowest BCUT2D eigenvalue weighted by molar-refractivity contribution is -0.169. The summed E-state index contributed by atoms with van der Waals surface area (Å²) in [6, 6.07) is 9.58. The Labute approximate surface area is 131 Å². The maximum absolute atomic E-state index is 12.2. The molecule has 0 aliphatic heterocycles.